The van der Waals surface area contributed by atoms with Crippen LogP contribution in [-0.4, -0.2) is 30.8 Å². The molecule has 0 unspecified atom stereocenters. The minimum atomic E-state index is -4.61. The number of carbonyl (C=O) groups is 1. The van der Waals surface area contributed by atoms with Gasteiger partial charge >= 0.3 is 6.18 Å². The van der Waals surface area contributed by atoms with Crippen molar-refractivity contribution in [1.82, 2.24) is 19.7 Å². The van der Waals surface area contributed by atoms with E-state index in [1.165, 1.54) is 23.1 Å². The Morgan fingerprint density at radius 1 is 1.12 bits per heavy atom. The molecule has 2 N–H and O–H groups in total. The van der Waals surface area contributed by atoms with E-state index in [-0.39, 0.29) is 34.9 Å². The minimum absolute atomic E-state index is 0.00824. The van der Waals surface area contributed by atoms with Gasteiger partial charge < -0.3 is 10.4 Å². The number of amides is 1. The molecule has 168 valence electrons. The standard InChI is InChI=1S/C23H18F3N5O2/c1-31-10-9-18(30-31)16-11-15(7-8-17(16)23(24,25)26)22(33)28-19-12-27-20(13-32)29-21(19)14-5-3-2-4-6-14/h2-12,32H,13H2,1H3,(H,28,33). The van der Waals surface area contributed by atoms with Crippen molar-refractivity contribution >= 4 is 11.6 Å². The van der Waals surface area contributed by atoms with Crippen LogP contribution in [0, 0.1) is 0 Å². The Kier molecular flexibility index (Phi) is 5.93. The van der Waals surface area contributed by atoms with Crippen LogP contribution in [0.5, 0.6) is 0 Å². The monoisotopic (exact) mass is 453 g/mol. The Hall–Kier alpha value is -4.05. The average molecular weight is 453 g/mol. The molecular formula is C23H18F3N5O2. The van der Waals surface area contributed by atoms with E-state index in [2.05, 4.69) is 20.4 Å². The van der Waals surface area contributed by atoms with Crippen molar-refractivity contribution in [3.63, 3.8) is 0 Å². The van der Waals surface area contributed by atoms with Gasteiger partial charge in [0.1, 0.15) is 6.61 Å². The van der Waals surface area contributed by atoms with E-state index in [4.69, 9.17) is 0 Å². The summed E-state index contributed by atoms with van der Waals surface area (Å²) in [6.45, 7) is -0.388. The number of nitrogens with zero attached hydrogens (tertiary/aromatic N) is 4. The van der Waals surface area contributed by atoms with Crippen molar-refractivity contribution in [1.29, 1.82) is 0 Å². The summed E-state index contributed by atoms with van der Waals surface area (Å²) < 4.78 is 42.1. The fourth-order valence-corrected chi connectivity index (χ4v) is 3.30. The van der Waals surface area contributed by atoms with E-state index < -0.39 is 17.6 Å². The number of nitrogens with one attached hydrogen (secondary N) is 1. The third-order valence-electron chi connectivity index (χ3n) is 4.85. The molecule has 0 saturated heterocycles. The lowest BCUT2D eigenvalue weighted by Gasteiger charge is -2.14. The zero-order valence-corrected chi connectivity index (χ0v) is 17.3. The number of anilines is 1. The summed E-state index contributed by atoms with van der Waals surface area (Å²) in [5.74, 6) is -0.475. The van der Waals surface area contributed by atoms with Crippen molar-refractivity contribution in [2.45, 2.75) is 12.8 Å². The van der Waals surface area contributed by atoms with Crippen molar-refractivity contribution < 1.29 is 23.1 Å². The first kappa shape index (κ1) is 22.2. The normalized spacial score (nSPS) is 11.4. The van der Waals surface area contributed by atoms with E-state index in [9.17, 15) is 23.1 Å². The molecule has 0 bridgehead atoms. The highest BCUT2D eigenvalue weighted by Crippen LogP contribution is 2.37. The number of halogens is 3. The van der Waals surface area contributed by atoms with Crippen LogP contribution in [0.2, 0.25) is 0 Å². The molecule has 0 fully saturated rings. The number of hydrogen-bond donors (Lipinski definition) is 2. The second kappa shape index (κ2) is 8.83. The number of aromatic nitrogens is 4. The van der Waals surface area contributed by atoms with Crippen molar-refractivity contribution in [3.05, 3.63) is 83.9 Å². The van der Waals surface area contributed by atoms with Gasteiger partial charge in [-0.05, 0) is 24.3 Å². The number of aryl methyl sites for hydroxylation is 1. The van der Waals surface area contributed by atoms with Gasteiger partial charge in [-0.1, -0.05) is 30.3 Å². The van der Waals surface area contributed by atoms with E-state index in [0.717, 1.165) is 18.2 Å². The molecule has 0 radical (unpaired) electrons. The fraction of sp³-hybridized carbons (Fsp3) is 0.130. The summed E-state index contributed by atoms with van der Waals surface area (Å²) in [6, 6.07) is 13.5. The molecular weight excluding hydrogens is 435 g/mol. The molecule has 0 aliphatic rings. The largest absolute Gasteiger partial charge is 0.417 e. The molecule has 7 nitrogen and oxygen atoms in total. The maximum absolute atomic E-state index is 13.6. The second-order valence-electron chi connectivity index (χ2n) is 7.16. The van der Waals surface area contributed by atoms with Crippen LogP contribution >= 0.6 is 0 Å². The van der Waals surface area contributed by atoms with Gasteiger partial charge in [0.25, 0.3) is 5.91 Å². The van der Waals surface area contributed by atoms with Crippen LogP contribution in [-0.2, 0) is 19.8 Å². The number of carbonyl (C=O) groups excluding carboxylic acids is 1. The van der Waals surface area contributed by atoms with Gasteiger partial charge in [-0.3, -0.25) is 9.48 Å². The van der Waals surface area contributed by atoms with Gasteiger partial charge in [-0.2, -0.15) is 18.3 Å². The maximum Gasteiger partial charge on any atom is 0.417 e. The number of rotatable bonds is 5. The molecule has 2 aromatic heterocycles. The Labute approximate surface area is 186 Å². The summed E-state index contributed by atoms with van der Waals surface area (Å²) in [6.07, 6.45) is -1.74. The van der Waals surface area contributed by atoms with E-state index >= 15 is 0 Å². The quantitative estimate of drug-likeness (QED) is 0.470. The predicted molar refractivity (Wildman–Crippen MR) is 115 cm³/mol. The van der Waals surface area contributed by atoms with Crippen molar-refractivity contribution in [2.75, 3.05) is 5.32 Å². The van der Waals surface area contributed by atoms with Gasteiger partial charge in [-0.15, -0.1) is 0 Å². The summed E-state index contributed by atoms with van der Waals surface area (Å²) in [5, 5.41) is 16.1. The summed E-state index contributed by atoms with van der Waals surface area (Å²) >= 11 is 0. The smallest absolute Gasteiger partial charge is 0.388 e. The molecule has 10 heteroatoms. The van der Waals surface area contributed by atoms with Crippen molar-refractivity contribution in [2.24, 2.45) is 7.05 Å². The van der Waals surface area contributed by atoms with Crippen molar-refractivity contribution in [3.8, 4) is 22.5 Å². The second-order valence-corrected chi connectivity index (χ2v) is 7.16. The van der Waals surface area contributed by atoms with Crippen LogP contribution in [0.25, 0.3) is 22.5 Å². The summed E-state index contributed by atoms with van der Waals surface area (Å²) in [5.41, 5.74) is 0.312. The highest BCUT2D eigenvalue weighted by atomic mass is 19.4. The van der Waals surface area contributed by atoms with Crippen LogP contribution < -0.4 is 5.32 Å². The molecule has 0 atom stereocenters. The fourth-order valence-electron chi connectivity index (χ4n) is 3.30. The highest BCUT2D eigenvalue weighted by molar-refractivity contribution is 6.06. The first-order valence-corrected chi connectivity index (χ1v) is 9.81. The molecule has 0 aliphatic carbocycles. The molecule has 0 aliphatic heterocycles. The minimum Gasteiger partial charge on any atom is -0.388 e. The number of aliphatic hydroxyl groups is 1. The number of aliphatic hydroxyl groups excluding tert-OH is 1. The van der Waals surface area contributed by atoms with Crippen LogP contribution in [0.1, 0.15) is 21.7 Å². The Morgan fingerprint density at radius 2 is 1.88 bits per heavy atom. The van der Waals surface area contributed by atoms with Gasteiger partial charge in [0.2, 0.25) is 0 Å². The molecule has 1 amide bonds. The van der Waals surface area contributed by atoms with Gasteiger partial charge in [0.15, 0.2) is 5.82 Å². The lowest BCUT2D eigenvalue weighted by molar-refractivity contribution is -0.137. The SMILES string of the molecule is Cn1ccc(-c2cc(C(=O)Nc3cnc(CO)nc3-c3ccccc3)ccc2C(F)(F)F)n1. The lowest BCUT2D eigenvalue weighted by Crippen LogP contribution is -2.15. The summed E-state index contributed by atoms with van der Waals surface area (Å²) in [4.78, 5) is 21.3. The van der Waals surface area contributed by atoms with Crippen LogP contribution in [0.3, 0.4) is 0 Å². The lowest BCUT2D eigenvalue weighted by atomic mass is 10.0. The summed E-state index contributed by atoms with van der Waals surface area (Å²) in [7, 11) is 1.59. The van der Waals surface area contributed by atoms with E-state index in [0.29, 0.717) is 11.3 Å². The molecule has 2 heterocycles. The third kappa shape index (κ3) is 4.75. The predicted octanol–water partition coefficient (Wildman–Crippen LogP) is 4.31. The van der Waals surface area contributed by atoms with Gasteiger partial charge in [0, 0.05) is 29.9 Å². The molecule has 0 spiro atoms. The third-order valence-corrected chi connectivity index (χ3v) is 4.85. The molecule has 33 heavy (non-hydrogen) atoms. The number of alkyl halides is 3. The molecule has 4 aromatic rings. The maximum atomic E-state index is 13.6. The van der Waals surface area contributed by atoms with E-state index in [1.54, 1.807) is 31.3 Å². The molecule has 2 aromatic carbocycles. The Bertz CT molecular complexity index is 1300. The number of benzene rings is 2. The highest BCUT2D eigenvalue weighted by Gasteiger charge is 2.34. The molecule has 4 rings (SSSR count). The number of hydrogen-bond acceptors (Lipinski definition) is 5. The van der Waals surface area contributed by atoms with Crippen LogP contribution in [0.15, 0.2) is 67.0 Å². The average Bonchev–Trinajstić information content (AvgIpc) is 3.25. The Balaban J connectivity index is 1.73. The van der Waals surface area contributed by atoms with E-state index in [1.807, 2.05) is 6.07 Å². The first-order valence-electron chi connectivity index (χ1n) is 9.81. The van der Waals surface area contributed by atoms with Crippen LogP contribution in [0.4, 0.5) is 18.9 Å². The van der Waals surface area contributed by atoms with Gasteiger partial charge in [-0.25, -0.2) is 9.97 Å². The zero-order valence-electron chi connectivity index (χ0n) is 17.3. The molecule has 0 saturated carbocycles. The zero-order chi connectivity index (χ0) is 23.6. The first-order chi connectivity index (χ1) is 15.8. The Morgan fingerprint density at radius 3 is 2.52 bits per heavy atom. The van der Waals surface area contributed by atoms with Gasteiger partial charge in [0.05, 0.1) is 28.8 Å². The topological polar surface area (TPSA) is 92.9 Å².